The predicted molar refractivity (Wildman–Crippen MR) is 97.2 cm³/mol. The first-order valence-electron chi connectivity index (χ1n) is 8.27. The number of anilines is 3. The van der Waals surface area contributed by atoms with Crippen LogP contribution in [0, 0.1) is 0 Å². The zero-order valence-electron chi connectivity index (χ0n) is 14.6. The van der Waals surface area contributed by atoms with E-state index in [1.54, 1.807) is 0 Å². The molecule has 2 N–H and O–H groups in total. The molecule has 2 aromatic rings. The van der Waals surface area contributed by atoms with Gasteiger partial charge in [-0.05, 0) is 19.1 Å². The number of nitrogens with two attached hydrogens (primary N) is 1. The fourth-order valence-corrected chi connectivity index (χ4v) is 2.95. The lowest BCUT2D eigenvalue weighted by atomic mass is 10.2. The first-order valence-corrected chi connectivity index (χ1v) is 8.27. The summed E-state index contributed by atoms with van der Waals surface area (Å²) in [5, 5.41) is 0. The molecule has 1 unspecified atom stereocenters. The molecular formula is C17H25N7. The highest BCUT2D eigenvalue weighted by molar-refractivity contribution is 5.46. The molecule has 1 fully saturated rings. The van der Waals surface area contributed by atoms with Crippen molar-refractivity contribution in [3.63, 3.8) is 0 Å². The van der Waals surface area contributed by atoms with E-state index in [1.807, 2.05) is 19.0 Å². The van der Waals surface area contributed by atoms with Crippen molar-refractivity contribution in [1.82, 2.24) is 19.9 Å². The van der Waals surface area contributed by atoms with Crippen molar-refractivity contribution >= 4 is 17.6 Å². The summed E-state index contributed by atoms with van der Waals surface area (Å²) in [6.07, 6.45) is 0. The van der Waals surface area contributed by atoms with E-state index in [2.05, 4.69) is 62.0 Å². The number of nitrogens with zero attached hydrogens (tertiary/aromatic N) is 6. The fourth-order valence-electron chi connectivity index (χ4n) is 2.95. The van der Waals surface area contributed by atoms with Gasteiger partial charge in [0.1, 0.15) is 0 Å². The summed E-state index contributed by atoms with van der Waals surface area (Å²) >= 11 is 0. The van der Waals surface area contributed by atoms with E-state index in [1.165, 1.54) is 5.69 Å². The van der Waals surface area contributed by atoms with Gasteiger partial charge in [0.05, 0.1) is 6.04 Å². The van der Waals surface area contributed by atoms with Gasteiger partial charge >= 0.3 is 0 Å². The van der Waals surface area contributed by atoms with Crippen molar-refractivity contribution in [2.45, 2.75) is 13.0 Å². The molecule has 1 saturated heterocycles. The van der Waals surface area contributed by atoms with Crippen LogP contribution < -0.4 is 15.5 Å². The van der Waals surface area contributed by atoms with Crippen molar-refractivity contribution < 1.29 is 0 Å². The highest BCUT2D eigenvalue weighted by Gasteiger charge is 2.24. The third-order valence-corrected chi connectivity index (χ3v) is 4.42. The quantitative estimate of drug-likeness (QED) is 0.910. The Morgan fingerprint density at radius 3 is 2.29 bits per heavy atom. The smallest absolute Gasteiger partial charge is 0.229 e. The number of hydrogen-bond acceptors (Lipinski definition) is 7. The molecule has 1 aromatic heterocycles. The first-order chi connectivity index (χ1) is 11.5. The molecule has 0 radical (unpaired) electrons. The molecule has 1 aliphatic rings. The summed E-state index contributed by atoms with van der Waals surface area (Å²) in [5.74, 6) is 1.62. The molecule has 24 heavy (non-hydrogen) atoms. The minimum atomic E-state index is 0.118. The van der Waals surface area contributed by atoms with Gasteiger partial charge in [-0.25, -0.2) is 0 Å². The van der Waals surface area contributed by atoms with Crippen molar-refractivity contribution in [3.8, 4) is 0 Å². The van der Waals surface area contributed by atoms with E-state index < -0.39 is 0 Å². The normalized spacial score (nSPS) is 16.9. The Morgan fingerprint density at radius 2 is 1.67 bits per heavy atom. The van der Waals surface area contributed by atoms with Crippen LogP contribution in [0.4, 0.5) is 17.6 Å². The Kier molecular flexibility index (Phi) is 4.80. The van der Waals surface area contributed by atoms with Crippen LogP contribution >= 0.6 is 0 Å². The average molecular weight is 327 g/mol. The van der Waals surface area contributed by atoms with Crippen LogP contribution in [0.2, 0.25) is 0 Å². The second kappa shape index (κ2) is 7.00. The van der Waals surface area contributed by atoms with Crippen LogP contribution in [-0.4, -0.2) is 60.1 Å². The van der Waals surface area contributed by atoms with E-state index in [0.29, 0.717) is 5.95 Å². The Bertz CT molecular complexity index is 666. The number of hydrogen-bond donors (Lipinski definition) is 1. The van der Waals surface area contributed by atoms with Gasteiger partial charge in [0, 0.05) is 46.0 Å². The van der Waals surface area contributed by atoms with Crippen LogP contribution in [0.5, 0.6) is 0 Å². The number of piperazine rings is 1. The standard InChI is InChI=1S/C17H25N7/c1-13(15-19-16(18)21-17(20-15)22(2)3)23-9-11-24(12-10-23)14-7-5-4-6-8-14/h4-8,13H,9-12H2,1-3H3,(H2,18,19,20,21). The van der Waals surface area contributed by atoms with Crippen LogP contribution in [0.25, 0.3) is 0 Å². The summed E-state index contributed by atoms with van der Waals surface area (Å²) in [6.45, 7) is 6.06. The predicted octanol–water partition coefficient (Wildman–Crippen LogP) is 1.40. The Morgan fingerprint density at radius 1 is 1.00 bits per heavy atom. The van der Waals surface area contributed by atoms with Crippen LogP contribution in [-0.2, 0) is 0 Å². The molecule has 1 aromatic carbocycles. The van der Waals surface area contributed by atoms with Gasteiger partial charge in [-0.2, -0.15) is 15.0 Å². The van der Waals surface area contributed by atoms with E-state index in [0.717, 1.165) is 32.0 Å². The minimum Gasteiger partial charge on any atom is -0.369 e. The number of rotatable bonds is 4. The average Bonchev–Trinajstić information content (AvgIpc) is 2.61. The maximum Gasteiger partial charge on any atom is 0.229 e. The maximum absolute atomic E-state index is 5.85. The SMILES string of the molecule is CC(c1nc(N)nc(N(C)C)n1)N1CCN(c2ccccc2)CC1. The third kappa shape index (κ3) is 3.56. The number of para-hydroxylation sites is 1. The van der Waals surface area contributed by atoms with Gasteiger partial charge in [0.2, 0.25) is 11.9 Å². The number of aromatic nitrogens is 3. The fraction of sp³-hybridized carbons (Fsp3) is 0.471. The molecule has 0 saturated carbocycles. The molecule has 128 valence electrons. The Labute approximate surface area is 143 Å². The highest BCUT2D eigenvalue weighted by atomic mass is 15.3. The van der Waals surface area contributed by atoms with E-state index in [9.17, 15) is 0 Å². The lowest BCUT2D eigenvalue weighted by Crippen LogP contribution is -2.47. The van der Waals surface area contributed by atoms with Gasteiger partial charge in [-0.3, -0.25) is 4.90 Å². The summed E-state index contributed by atoms with van der Waals surface area (Å²) in [4.78, 5) is 19.7. The van der Waals surface area contributed by atoms with Crippen LogP contribution in [0.15, 0.2) is 30.3 Å². The van der Waals surface area contributed by atoms with Gasteiger partial charge in [0.25, 0.3) is 0 Å². The molecule has 0 aliphatic carbocycles. The second-order valence-corrected chi connectivity index (χ2v) is 6.28. The molecule has 7 heteroatoms. The molecular weight excluding hydrogens is 302 g/mol. The second-order valence-electron chi connectivity index (χ2n) is 6.28. The van der Waals surface area contributed by atoms with Gasteiger partial charge in [-0.1, -0.05) is 18.2 Å². The van der Waals surface area contributed by atoms with E-state index >= 15 is 0 Å². The Hall–Kier alpha value is -2.41. The molecule has 7 nitrogen and oxygen atoms in total. The van der Waals surface area contributed by atoms with E-state index in [-0.39, 0.29) is 12.0 Å². The minimum absolute atomic E-state index is 0.118. The van der Waals surface area contributed by atoms with Crippen molar-refractivity contribution in [2.75, 3.05) is 55.8 Å². The molecule has 2 heterocycles. The zero-order chi connectivity index (χ0) is 17.1. The molecule has 1 aliphatic heterocycles. The summed E-state index contributed by atoms with van der Waals surface area (Å²) in [7, 11) is 3.81. The monoisotopic (exact) mass is 327 g/mol. The molecule has 0 bridgehead atoms. The largest absolute Gasteiger partial charge is 0.369 e. The first kappa shape index (κ1) is 16.4. The summed E-state index contributed by atoms with van der Waals surface area (Å²) in [5.41, 5.74) is 7.13. The maximum atomic E-state index is 5.85. The van der Waals surface area contributed by atoms with Crippen molar-refractivity contribution in [2.24, 2.45) is 0 Å². The van der Waals surface area contributed by atoms with Crippen molar-refractivity contribution in [1.29, 1.82) is 0 Å². The summed E-state index contributed by atoms with van der Waals surface area (Å²) < 4.78 is 0. The topological polar surface area (TPSA) is 74.4 Å². The zero-order valence-corrected chi connectivity index (χ0v) is 14.6. The van der Waals surface area contributed by atoms with Crippen LogP contribution in [0.1, 0.15) is 18.8 Å². The lowest BCUT2D eigenvalue weighted by Gasteiger charge is -2.38. The van der Waals surface area contributed by atoms with Gasteiger partial charge in [0.15, 0.2) is 5.82 Å². The third-order valence-electron chi connectivity index (χ3n) is 4.42. The van der Waals surface area contributed by atoms with E-state index in [4.69, 9.17) is 5.73 Å². The molecule has 0 amide bonds. The van der Waals surface area contributed by atoms with Crippen LogP contribution in [0.3, 0.4) is 0 Å². The van der Waals surface area contributed by atoms with Gasteiger partial charge in [-0.15, -0.1) is 0 Å². The van der Waals surface area contributed by atoms with Gasteiger partial charge < -0.3 is 15.5 Å². The number of nitrogen functional groups attached to an aromatic ring is 1. The van der Waals surface area contributed by atoms with Crippen molar-refractivity contribution in [3.05, 3.63) is 36.2 Å². The summed E-state index contributed by atoms with van der Waals surface area (Å²) in [6, 6.07) is 10.7. The highest BCUT2D eigenvalue weighted by Crippen LogP contribution is 2.22. The molecule has 3 rings (SSSR count). The molecule has 0 spiro atoms. The molecule has 1 atom stereocenters. The lowest BCUT2D eigenvalue weighted by molar-refractivity contribution is 0.191. The number of benzene rings is 1. The Balaban J connectivity index is 1.68.